The molecule has 1 aliphatic rings. The Morgan fingerprint density at radius 2 is 2.20 bits per heavy atom. The molecule has 0 aromatic carbocycles. The monoisotopic (exact) mass is 276 g/mol. The first-order valence-corrected chi connectivity index (χ1v) is 6.52. The molecule has 106 valence electrons. The van der Waals surface area contributed by atoms with Crippen LogP contribution in [-0.2, 0) is 0 Å². The Morgan fingerprint density at radius 1 is 1.45 bits per heavy atom. The first-order chi connectivity index (χ1) is 9.49. The van der Waals surface area contributed by atoms with Crippen LogP contribution in [0.15, 0.2) is 33.4 Å². The Balaban J connectivity index is 1.71. The van der Waals surface area contributed by atoms with Gasteiger partial charge in [-0.3, -0.25) is 4.79 Å². The van der Waals surface area contributed by atoms with Gasteiger partial charge in [-0.05, 0) is 18.1 Å². The Kier molecular flexibility index (Phi) is 2.90. The summed E-state index contributed by atoms with van der Waals surface area (Å²) in [6.07, 6.45) is 1.53. The quantitative estimate of drug-likeness (QED) is 0.924. The summed E-state index contributed by atoms with van der Waals surface area (Å²) in [6.45, 7) is 4.53. The molecule has 1 amide bonds. The van der Waals surface area contributed by atoms with Gasteiger partial charge in [0.05, 0.1) is 19.4 Å². The zero-order valence-corrected chi connectivity index (χ0v) is 11.4. The second-order valence-electron chi connectivity index (χ2n) is 5.47. The van der Waals surface area contributed by atoms with Crippen LogP contribution in [0.2, 0.25) is 0 Å². The van der Waals surface area contributed by atoms with Crippen molar-refractivity contribution < 1.29 is 18.8 Å². The van der Waals surface area contributed by atoms with Crippen molar-refractivity contribution in [1.29, 1.82) is 0 Å². The fourth-order valence-electron chi connectivity index (χ4n) is 2.20. The van der Waals surface area contributed by atoms with Crippen LogP contribution < -0.4 is 0 Å². The van der Waals surface area contributed by atoms with Crippen LogP contribution in [0.25, 0.3) is 11.5 Å². The molecule has 0 saturated carbocycles. The van der Waals surface area contributed by atoms with E-state index in [1.165, 1.54) is 6.26 Å². The lowest BCUT2D eigenvalue weighted by molar-refractivity contribution is -0.111. The molecule has 1 aliphatic heterocycles. The molecule has 3 heterocycles. The molecular weight excluding hydrogens is 260 g/mol. The van der Waals surface area contributed by atoms with Gasteiger partial charge in [0, 0.05) is 6.07 Å². The molecule has 0 spiro atoms. The Hall–Kier alpha value is -2.08. The maximum atomic E-state index is 12.2. The topological polar surface area (TPSA) is 79.7 Å². The molecule has 6 nitrogen and oxygen atoms in total. The predicted molar refractivity (Wildman–Crippen MR) is 69.9 cm³/mol. The van der Waals surface area contributed by atoms with E-state index in [2.05, 4.69) is 5.16 Å². The third-order valence-electron chi connectivity index (χ3n) is 3.78. The van der Waals surface area contributed by atoms with Gasteiger partial charge in [0.1, 0.15) is 5.60 Å². The van der Waals surface area contributed by atoms with Crippen molar-refractivity contribution in [2.24, 2.45) is 5.92 Å². The molecule has 1 saturated heterocycles. The number of β-amino-alcohol motifs (C(OH)–C–C–N with tert-alkyl or cyclic N) is 1. The maximum Gasteiger partial charge on any atom is 0.276 e. The number of carbonyl (C=O) groups is 1. The predicted octanol–water partition coefficient (Wildman–Crippen LogP) is 1.78. The van der Waals surface area contributed by atoms with E-state index in [4.69, 9.17) is 8.94 Å². The van der Waals surface area contributed by atoms with Crippen molar-refractivity contribution in [1.82, 2.24) is 10.1 Å². The summed E-state index contributed by atoms with van der Waals surface area (Å²) in [6, 6.07) is 5.02. The zero-order valence-electron chi connectivity index (χ0n) is 11.4. The Morgan fingerprint density at radius 3 is 2.80 bits per heavy atom. The lowest BCUT2D eigenvalue weighted by Crippen LogP contribution is -2.66. The van der Waals surface area contributed by atoms with Crippen LogP contribution in [-0.4, -0.2) is 39.8 Å². The van der Waals surface area contributed by atoms with E-state index in [1.54, 1.807) is 23.1 Å². The van der Waals surface area contributed by atoms with Crippen molar-refractivity contribution in [3.63, 3.8) is 0 Å². The summed E-state index contributed by atoms with van der Waals surface area (Å²) < 4.78 is 10.3. The SMILES string of the molecule is CC(C)C1(O)CN(C(=O)c2cc(-c3ccco3)on2)C1. The second-order valence-corrected chi connectivity index (χ2v) is 5.47. The highest BCUT2D eigenvalue weighted by Crippen LogP contribution is 2.30. The molecular formula is C14H16N2O4. The number of hydrogen-bond donors (Lipinski definition) is 1. The molecule has 0 atom stereocenters. The standard InChI is InChI=1S/C14H16N2O4/c1-9(2)14(18)7-16(8-14)13(17)10-6-12(20-15-10)11-4-3-5-19-11/h3-6,9,18H,7-8H2,1-2H3. The molecule has 1 N–H and O–H groups in total. The van der Waals surface area contributed by atoms with Gasteiger partial charge < -0.3 is 18.9 Å². The third-order valence-corrected chi connectivity index (χ3v) is 3.78. The highest BCUT2D eigenvalue weighted by atomic mass is 16.5. The highest BCUT2D eigenvalue weighted by molar-refractivity contribution is 5.93. The fraction of sp³-hybridized carbons (Fsp3) is 0.429. The van der Waals surface area contributed by atoms with Gasteiger partial charge in [-0.2, -0.15) is 0 Å². The van der Waals surface area contributed by atoms with Gasteiger partial charge in [0.2, 0.25) is 5.76 Å². The number of aliphatic hydroxyl groups is 1. The van der Waals surface area contributed by atoms with Gasteiger partial charge in [-0.25, -0.2) is 0 Å². The van der Waals surface area contributed by atoms with Crippen molar-refractivity contribution in [3.8, 4) is 11.5 Å². The number of carbonyl (C=O) groups excluding carboxylic acids is 1. The van der Waals surface area contributed by atoms with Gasteiger partial charge in [-0.15, -0.1) is 0 Å². The summed E-state index contributed by atoms with van der Waals surface area (Å²) in [5, 5.41) is 13.9. The number of amides is 1. The molecule has 20 heavy (non-hydrogen) atoms. The molecule has 6 heteroatoms. The Labute approximate surface area is 116 Å². The number of aromatic nitrogens is 1. The van der Waals surface area contributed by atoms with E-state index >= 15 is 0 Å². The minimum Gasteiger partial charge on any atom is -0.461 e. The molecule has 0 radical (unpaired) electrons. The van der Waals surface area contributed by atoms with E-state index in [0.717, 1.165) is 0 Å². The fourth-order valence-corrected chi connectivity index (χ4v) is 2.20. The average molecular weight is 276 g/mol. The van der Waals surface area contributed by atoms with Crippen LogP contribution in [0, 0.1) is 5.92 Å². The zero-order chi connectivity index (χ0) is 14.3. The van der Waals surface area contributed by atoms with E-state index in [-0.39, 0.29) is 17.5 Å². The first kappa shape index (κ1) is 12.9. The van der Waals surface area contributed by atoms with Crippen molar-refractivity contribution in [2.75, 3.05) is 13.1 Å². The average Bonchev–Trinajstić information content (AvgIpc) is 3.03. The third kappa shape index (κ3) is 2.02. The molecule has 2 aromatic rings. The van der Waals surface area contributed by atoms with E-state index in [9.17, 15) is 9.90 Å². The summed E-state index contributed by atoms with van der Waals surface area (Å²) in [4.78, 5) is 13.7. The van der Waals surface area contributed by atoms with Crippen LogP contribution in [0.1, 0.15) is 24.3 Å². The minimum absolute atomic E-state index is 0.113. The lowest BCUT2D eigenvalue weighted by atomic mass is 9.83. The highest BCUT2D eigenvalue weighted by Gasteiger charge is 2.46. The van der Waals surface area contributed by atoms with Crippen molar-refractivity contribution >= 4 is 5.91 Å². The number of hydrogen-bond acceptors (Lipinski definition) is 5. The molecule has 1 fully saturated rings. The smallest absolute Gasteiger partial charge is 0.276 e. The second kappa shape index (κ2) is 4.49. The number of furan rings is 1. The Bertz CT molecular complexity index is 609. The van der Waals surface area contributed by atoms with Crippen LogP contribution in [0.5, 0.6) is 0 Å². The van der Waals surface area contributed by atoms with Crippen LogP contribution in [0.3, 0.4) is 0 Å². The molecule has 2 aromatic heterocycles. The van der Waals surface area contributed by atoms with Crippen molar-refractivity contribution in [2.45, 2.75) is 19.4 Å². The van der Waals surface area contributed by atoms with Crippen LogP contribution >= 0.6 is 0 Å². The normalized spacial score (nSPS) is 17.3. The molecule has 0 bridgehead atoms. The summed E-state index contributed by atoms with van der Waals surface area (Å²) in [7, 11) is 0. The van der Waals surface area contributed by atoms with E-state index in [0.29, 0.717) is 24.6 Å². The summed E-state index contributed by atoms with van der Waals surface area (Å²) in [5.74, 6) is 0.816. The van der Waals surface area contributed by atoms with E-state index in [1.807, 2.05) is 13.8 Å². The van der Waals surface area contributed by atoms with Gasteiger partial charge in [0.15, 0.2) is 11.5 Å². The summed E-state index contributed by atoms with van der Waals surface area (Å²) >= 11 is 0. The minimum atomic E-state index is -0.788. The molecule has 0 aliphatic carbocycles. The maximum absolute atomic E-state index is 12.2. The largest absolute Gasteiger partial charge is 0.461 e. The number of rotatable bonds is 3. The van der Waals surface area contributed by atoms with Crippen LogP contribution in [0.4, 0.5) is 0 Å². The first-order valence-electron chi connectivity index (χ1n) is 6.52. The van der Waals surface area contributed by atoms with Crippen molar-refractivity contribution in [3.05, 3.63) is 30.2 Å². The molecule has 3 rings (SSSR count). The van der Waals surface area contributed by atoms with Gasteiger partial charge in [-0.1, -0.05) is 19.0 Å². The summed E-state index contributed by atoms with van der Waals surface area (Å²) in [5.41, 5.74) is -0.564. The number of nitrogens with zero attached hydrogens (tertiary/aromatic N) is 2. The van der Waals surface area contributed by atoms with E-state index < -0.39 is 5.60 Å². The lowest BCUT2D eigenvalue weighted by Gasteiger charge is -2.48. The number of likely N-dealkylation sites (tertiary alicyclic amines) is 1. The van der Waals surface area contributed by atoms with Gasteiger partial charge >= 0.3 is 0 Å². The molecule has 0 unspecified atom stereocenters. The van der Waals surface area contributed by atoms with Gasteiger partial charge in [0.25, 0.3) is 5.91 Å².